The first kappa shape index (κ1) is 27.8. The van der Waals surface area contributed by atoms with Crippen molar-refractivity contribution in [3.05, 3.63) is 170 Å². The average molecular weight is 705 g/mol. The molecule has 0 radical (unpaired) electrons. The predicted octanol–water partition coefficient (Wildman–Crippen LogP) is 6.75. The van der Waals surface area contributed by atoms with Gasteiger partial charge in [-0.2, -0.15) is 0 Å². The Morgan fingerprint density at radius 2 is 0.452 bits per heavy atom. The van der Waals surface area contributed by atoms with Crippen LogP contribution in [0, 0.1) is 0 Å². The van der Waals surface area contributed by atoms with Crippen molar-refractivity contribution in [2.45, 2.75) is 0 Å². The Balaban J connectivity index is 1.70. The van der Waals surface area contributed by atoms with Crippen LogP contribution in [0.2, 0.25) is 0 Å². The molecule has 0 aliphatic rings. The predicted molar refractivity (Wildman–Crippen MR) is 190 cm³/mol. The number of fused-ring (bicyclic) bond motifs is 2. The van der Waals surface area contributed by atoms with E-state index in [1.54, 1.807) is 0 Å². The second-order valence-electron chi connectivity index (χ2n) is 10.3. The van der Waals surface area contributed by atoms with Crippen LogP contribution in [-0.4, -0.2) is 30.2 Å². The third-order valence-electron chi connectivity index (χ3n) is 7.98. The Kier molecular flexibility index (Phi) is 7.65. The van der Waals surface area contributed by atoms with Crippen molar-refractivity contribution in [3.63, 3.8) is 0 Å². The van der Waals surface area contributed by atoms with Crippen molar-refractivity contribution in [3.8, 4) is 0 Å². The average Bonchev–Trinajstić information content (AvgIpc) is 3.08. The van der Waals surface area contributed by atoms with Crippen LogP contribution >= 0.6 is 11.0 Å². The SMILES string of the molecule is [Se]=P(c1ccccc1)(c1ccccc1)c1c2ccccc2c(P(=[Se])(c2ccccc2)c2ccccc2)c2ccccc12. The van der Waals surface area contributed by atoms with Crippen molar-refractivity contribution in [1.29, 1.82) is 0 Å². The molecule has 0 nitrogen and oxygen atoms in total. The zero-order valence-electron chi connectivity index (χ0n) is 22.9. The summed E-state index contributed by atoms with van der Waals surface area (Å²) in [5, 5.41) is 13.4. The van der Waals surface area contributed by atoms with E-state index in [-0.39, 0.29) is 0 Å². The summed E-state index contributed by atoms with van der Waals surface area (Å²) >= 11 is 7.72. The van der Waals surface area contributed by atoms with Gasteiger partial charge in [-0.25, -0.2) is 0 Å². The summed E-state index contributed by atoms with van der Waals surface area (Å²) in [6.45, 7) is 0. The fourth-order valence-electron chi connectivity index (χ4n) is 6.13. The minimum atomic E-state index is -2.16. The summed E-state index contributed by atoms with van der Waals surface area (Å²) in [5.74, 6) is 0. The summed E-state index contributed by atoms with van der Waals surface area (Å²) in [6.07, 6.45) is 0. The van der Waals surface area contributed by atoms with Crippen LogP contribution in [0.1, 0.15) is 0 Å². The molecule has 7 rings (SSSR count). The zero-order chi connectivity index (χ0) is 28.6. The van der Waals surface area contributed by atoms with Crippen LogP contribution in [0.4, 0.5) is 0 Å². The number of hydrogen-bond acceptors (Lipinski definition) is 0. The first-order valence-electron chi connectivity index (χ1n) is 14.0. The monoisotopic (exact) mass is 706 g/mol. The second kappa shape index (κ2) is 11.6. The van der Waals surface area contributed by atoms with E-state index in [1.165, 1.54) is 53.4 Å². The molecule has 0 aliphatic heterocycles. The molecule has 0 saturated carbocycles. The van der Waals surface area contributed by atoms with Crippen LogP contribution in [0.3, 0.4) is 0 Å². The summed E-state index contributed by atoms with van der Waals surface area (Å²) in [6, 6.07) is 62.4. The van der Waals surface area contributed by atoms with Crippen LogP contribution in [0.25, 0.3) is 21.5 Å². The van der Waals surface area contributed by atoms with E-state index in [9.17, 15) is 0 Å². The van der Waals surface area contributed by atoms with E-state index in [0.717, 1.165) is 0 Å². The maximum atomic E-state index is 3.86. The fraction of sp³-hybridized carbons (Fsp3) is 0. The quantitative estimate of drug-likeness (QED) is 0.102. The summed E-state index contributed by atoms with van der Waals surface area (Å²) in [4.78, 5) is 0. The van der Waals surface area contributed by atoms with Crippen molar-refractivity contribution in [2.24, 2.45) is 0 Å². The van der Waals surface area contributed by atoms with E-state index < -0.39 is 11.0 Å². The first-order chi connectivity index (χ1) is 20.6. The molecule has 0 bridgehead atoms. The van der Waals surface area contributed by atoms with Gasteiger partial charge in [0.1, 0.15) is 0 Å². The van der Waals surface area contributed by atoms with Gasteiger partial charge in [0.05, 0.1) is 0 Å². The van der Waals surface area contributed by atoms with E-state index >= 15 is 0 Å². The topological polar surface area (TPSA) is 0 Å². The molecule has 42 heavy (non-hydrogen) atoms. The summed E-state index contributed by atoms with van der Waals surface area (Å²) in [7, 11) is 0. The van der Waals surface area contributed by atoms with Crippen LogP contribution in [0.5, 0.6) is 0 Å². The van der Waals surface area contributed by atoms with Crippen LogP contribution < -0.4 is 31.8 Å². The van der Waals surface area contributed by atoms with Gasteiger partial charge >= 0.3 is 264 Å². The molecule has 4 heteroatoms. The standard InChI is InChI=1S/C38H28P2Se2/c41-39(29-17-5-1-6-18-29,30-19-7-2-8-20-30)37-33-25-13-15-27-35(33)38(36-28-16-14-26-34(36)37)40(42,31-21-9-3-10-22-31)32-23-11-4-12-24-32/h1-28H. The first-order valence-corrected chi connectivity index (χ1v) is 22.0. The molecule has 0 saturated heterocycles. The molecule has 0 aromatic heterocycles. The van der Waals surface area contributed by atoms with Crippen LogP contribution in [-0.2, 0) is 0 Å². The van der Waals surface area contributed by atoms with E-state index in [0.29, 0.717) is 0 Å². The van der Waals surface area contributed by atoms with Gasteiger partial charge in [0, 0.05) is 0 Å². The molecule has 0 unspecified atom stereocenters. The van der Waals surface area contributed by atoms with Gasteiger partial charge in [0.15, 0.2) is 0 Å². The summed E-state index contributed by atoms with van der Waals surface area (Å²) < 4.78 is 0. The Morgan fingerprint density at radius 3 is 0.667 bits per heavy atom. The molecule has 0 heterocycles. The molecule has 0 fully saturated rings. The number of benzene rings is 7. The second-order valence-corrected chi connectivity index (χ2v) is 22.6. The van der Waals surface area contributed by atoms with Gasteiger partial charge in [0.2, 0.25) is 0 Å². The Bertz CT molecular complexity index is 1830. The molecule has 7 aromatic carbocycles. The van der Waals surface area contributed by atoms with Crippen LogP contribution in [0.15, 0.2) is 170 Å². The van der Waals surface area contributed by atoms with Gasteiger partial charge in [-0.05, 0) is 0 Å². The van der Waals surface area contributed by atoms with Gasteiger partial charge in [0.25, 0.3) is 0 Å². The fourth-order valence-corrected chi connectivity index (χ4v) is 17.8. The normalized spacial score (nSPS) is 12.0. The van der Waals surface area contributed by atoms with Gasteiger partial charge < -0.3 is 0 Å². The van der Waals surface area contributed by atoms with E-state index in [4.69, 9.17) is 0 Å². The molecule has 0 atom stereocenters. The molecule has 0 N–H and O–H groups in total. The Morgan fingerprint density at radius 1 is 0.262 bits per heavy atom. The van der Waals surface area contributed by atoms with Gasteiger partial charge in [-0.3, -0.25) is 0 Å². The Hall–Kier alpha value is -3.04. The molecule has 0 aliphatic carbocycles. The third-order valence-corrected chi connectivity index (χ3v) is 21.9. The number of hydrogen-bond donors (Lipinski definition) is 0. The van der Waals surface area contributed by atoms with Gasteiger partial charge in [-0.15, -0.1) is 0 Å². The molecule has 0 spiro atoms. The van der Waals surface area contributed by atoms with E-state index in [1.807, 2.05) is 0 Å². The molecular formula is C38H28P2Se2. The molecular weight excluding hydrogens is 676 g/mol. The maximum absolute atomic E-state index is 3.86. The van der Waals surface area contributed by atoms with Gasteiger partial charge in [-0.1, -0.05) is 0 Å². The van der Waals surface area contributed by atoms with E-state index in [2.05, 4.69) is 200 Å². The van der Waals surface area contributed by atoms with Crippen molar-refractivity contribution >= 4 is 94.6 Å². The third kappa shape index (κ3) is 4.51. The Labute approximate surface area is 262 Å². The van der Waals surface area contributed by atoms with Crippen molar-refractivity contribution < 1.29 is 0 Å². The zero-order valence-corrected chi connectivity index (χ0v) is 28.1. The minimum absolute atomic E-state index is 1.32. The van der Waals surface area contributed by atoms with Crippen molar-refractivity contribution in [2.75, 3.05) is 0 Å². The number of rotatable bonds is 6. The summed E-state index contributed by atoms with van der Waals surface area (Å²) in [5.41, 5.74) is -4.31. The molecule has 7 aromatic rings. The molecule has 0 amide bonds. The molecule has 202 valence electrons. The van der Waals surface area contributed by atoms with Crippen molar-refractivity contribution in [1.82, 2.24) is 0 Å².